The van der Waals surface area contributed by atoms with E-state index in [1.54, 1.807) is 13.0 Å². The zero-order valence-electron chi connectivity index (χ0n) is 27.2. The largest absolute Gasteiger partial charge is 0.506 e. The minimum absolute atomic E-state index is 0.00331. The normalized spacial score (nSPS) is 28.6. The summed E-state index contributed by atoms with van der Waals surface area (Å²) in [6.45, 7) is 1.22. The Bertz CT molecular complexity index is 1630. The van der Waals surface area contributed by atoms with Gasteiger partial charge < -0.3 is 55.4 Å². The Labute approximate surface area is 292 Å². The van der Waals surface area contributed by atoms with Crippen molar-refractivity contribution < 1.29 is 54.4 Å². The molecule has 1 saturated heterocycles. The quantitative estimate of drug-likeness (QED) is 0.132. The van der Waals surface area contributed by atoms with Crippen molar-refractivity contribution in [2.45, 2.75) is 74.9 Å². The Morgan fingerprint density at radius 2 is 1.82 bits per heavy atom. The van der Waals surface area contributed by atoms with Crippen LogP contribution in [0.25, 0.3) is 10.8 Å². The summed E-state index contributed by atoms with van der Waals surface area (Å²) in [7, 11) is 4.17. The second-order valence-corrected chi connectivity index (χ2v) is 15.1. The van der Waals surface area contributed by atoms with Crippen LogP contribution in [0.4, 0.5) is 0 Å². The van der Waals surface area contributed by atoms with Gasteiger partial charge in [0.15, 0.2) is 5.78 Å². The van der Waals surface area contributed by atoms with Gasteiger partial charge in [-0.05, 0) is 48.4 Å². The van der Waals surface area contributed by atoms with Crippen LogP contribution in [-0.2, 0) is 22.6 Å². The molecule has 9 atom stereocenters. The molecule has 0 amide bonds. The first kappa shape index (κ1) is 37.3. The number of carbonyl (C=O) groups is 2. The molecule has 0 radical (unpaired) electrons. The number of aliphatic hydroxyl groups is 5. The van der Waals surface area contributed by atoms with Crippen LogP contribution in [0, 0.1) is 18.8 Å². The molecule has 12 nitrogen and oxygen atoms in total. The Balaban J connectivity index is 1.68. The van der Waals surface area contributed by atoms with Crippen molar-refractivity contribution in [3.8, 4) is 17.2 Å². The van der Waals surface area contributed by atoms with Crippen LogP contribution < -0.4 is 15.2 Å². The van der Waals surface area contributed by atoms with Gasteiger partial charge in [-0.1, -0.05) is 51.9 Å². The minimum atomic E-state index is -1.84. The van der Waals surface area contributed by atoms with Gasteiger partial charge in [-0.3, -0.25) is 4.79 Å². The standard InChI is InChI=1S/C35H43NO11S2/c1-17-12-20-21(16-38)23(45-2)14-24-28(20)29(40)26(17)22(39)9-11-48-49-25(13-18-6-4-3-5-7-18)27(19(15-36)8-10-37)30(41)34-32(43)31(42)33(44)35(46-24)47-34/h3-7,10,12,14,19,25,27,30-35,38,40-44H,8-9,11,13,15-16,36H2,1-2H3. The number of nitrogens with two attached hydrogens (primary N) is 1. The maximum absolute atomic E-state index is 13.7. The van der Waals surface area contributed by atoms with Crippen molar-refractivity contribution in [2.75, 3.05) is 19.4 Å². The average Bonchev–Trinajstić information content (AvgIpc) is 3.09. The van der Waals surface area contributed by atoms with Gasteiger partial charge in [-0.15, -0.1) is 0 Å². The van der Waals surface area contributed by atoms with Gasteiger partial charge in [0.2, 0.25) is 6.29 Å². The summed E-state index contributed by atoms with van der Waals surface area (Å²) in [4.78, 5) is 25.5. The Hall–Kier alpha value is -2.92. The van der Waals surface area contributed by atoms with Crippen LogP contribution in [0.1, 0.15) is 39.9 Å². The lowest BCUT2D eigenvalue weighted by Crippen LogP contribution is -2.64. The number of ketones is 1. The molecule has 1 fully saturated rings. The molecule has 0 saturated carbocycles. The highest BCUT2D eigenvalue weighted by atomic mass is 33.1. The van der Waals surface area contributed by atoms with E-state index < -0.39 is 66.3 Å². The first-order valence-electron chi connectivity index (χ1n) is 16.1. The average molecular weight is 718 g/mol. The van der Waals surface area contributed by atoms with Gasteiger partial charge in [0.25, 0.3) is 0 Å². The number of benzene rings is 3. The van der Waals surface area contributed by atoms with Crippen molar-refractivity contribution in [2.24, 2.45) is 17.6 Å². The molecule has 2 heterocycles. The van der Waals surface area contributed by atoms with E-state index in [-0.39, 0.29) is 47.6 Å². The smallest absolute Gasteiger partial charge is 0.229 e. The molecule has 5 rings (SSSR count). The molecular formula is C35H43NO11S2. The van der Waals surface area contributed by atoms with E-state index in [2.05, 4.69) is 0 Å². The number of aromatic hydroxyl groups is 1. The zero-order chi connectivity index (χ0) is 35.4. The predicted molar refractivity (Wildman–Crippen MR) is 186 cm³/mol. The number of aldehydes is 1. The molecular weight excluding hydrogens is 675 g/mol. The Morgan fingerprint density at radius 3 is 2.47 bits per heavy atom. The molecule has 3 aromatic carbocycles. The number of rotatable bonds is 8. The predicted octanol–water partition coefficient (Wildman–Crippen LogP) is 2.26. The summed E-state index contributed by atoms with van der Waals surface area (Å²) >= 11 is 0. The maximum Gasteiger partial charge on any atom is 0.229 e. The summed E-state index contributed by atoms with van der Waals surface area (Å²) < 4.78 is 17.7. The highest BCUT2D eigenvalue weighted by Gasteiger charge is 2.51. The molecule has 266 valence electrons. The molecule has 49 heavy (non-hydrogen) atoms. The van der Waals surface area contributed by atoms with Crippen molar-refractivity contribution in [1.29, 1.82) is 0 Å². The SMILES string of the molecule is COc1cc2c3c(O)c(c(C)cc3c1CO)C(=O)CCSSC(Cc1ccccc1)C(C(CN)CC=O)C(O)C1OC(O2)C(O)C(O)C1O. The van der Waals surface area contributed by atoms with E-state index in [1.807, 2.05) is 30.3 Å². The minimum Gasteiger partial charge on any atom is -0.506 e. The number of methoxy groups -OCH3 is 1. The van der Waals surface area contributed by atoms with E-state index in [4.69, 9.17) is 19.9 Å². The molecule has 3 aromatic rings. The second-order valence-electron chi connectivity index (χ2n) is 12.4. The molecule has 8 N–H and O–H groups in total. The number of aliphatic hydroxyl groups excluding tert-OH is 5. The number of ether oxygens (including phenoxy) is 3. The highest BCUT2D eigenvalue weighted by Crippen LogP contribution is 2.46. The van der Waals surface area contributed by atoms with Crippen LogP contribution in [0.5, 0.6) is 17.2 Å². The van der Waals surface area contributed by atoms with Crippen LogP contribution >= 0.6 is 21.6 Å². The summed E-state index contributed by atoms with van der Waals surface area (Å²) in [6.07, 6.45) is -8.95. The van der Waals surface area contributed by atoms with Crippen molar-refractivity contribution in [3.63, 3.8) is 0 Å². The fraction of sp³-hybridized carbons (Fsp3) is 0.486. The van der Waals surface area contributed by atoms with Gasteiger partial charge in [-0.2, -0.15) is 0 Å². The first-order chi connectivity index (χ1) is 23.6. The fourth-order valence-electron chi connectivity index (χ4n) is 6.90. The third-order valence-corrected chi connectivity index (χ3v) is 12.3. The van der Waals surface area contributed by atoms with Crippen molar-refractivity contribution in [1.82, 2.24) is 0 Å². The number of fused-ring (bicyclic) bond motifs is 3. The van der Waals surface area contributed by atoms with E-state index >= 15 is 0 Å². The van der Waals surface area contributed by atoms with E-state index in [0.29, 0.717) is 28.7 Å². The lowest BCUT2D eigenvalue weighted by Gasteiger charge is -2.46. The van der Waals surface area contributed by atoms with Gasteiger partial charge in [0, 0.05) is 41.4 Å². The van der Waals surface area contributed by atoms with Gasteiger partial charge >= 0.3 is 0 Å². The molecule has 0 spiro atoms. The topological polar surface area (TPSA) is 209 Å². The molecule has 2 aliphatic heterocycles. The molecule has 2 aliphatic rings. The van der Waals surface area contributed by atoms with E-state index in [0.717, 1.165) is 11.8 Å². The monoisotopic (exact) mass is 717 g/mol. The Kier molecular flexibility index (Phi) is 12.5. The third kappa shape index (κ3) is 7.58. The molecule has 4 bridgehead atoms. The first-order valence-corrected chi connectivity index (χ1v) is 18.4. The van der Waals surface area contributed by atoms with E-state index in [1.165, 1.54) is 34.8 Å². The number of carbonyl (C=O) groups excluding carboxylic acids is 2. The van der Waals surface area contributed by atoms with Crippen molar-refractivity contribution >= 4 is 44.4 Å². The number of Topliss-reactive ketones (excluding diaryl/α,β-unsaturated/α-hetero) is 1. The molecule has 14 heteroatoms. The van der Waals surface area contributed by atoms with Gasteiger partial charge in [-0.25, -0.2) is 0 Å². The summed E-state index contributed by atoms with van der Waals surface area (Å²) in [5, 5.41) is 67.3. The number of hydrogen-bond donors (Lipinski definition) is 7. The molecule has 9 unspecified atom stereocenters. The zero-order valence-corrected chi connectivity index (χ0v) is 28.8. The van der Waals surface area contributed by atoms with Crippen molar-refractivity contribution in [3.05, 3.63) is 64.7 Å². The molecule has 0 aromatic heterocycles. The second kappa shape index (κ2) is 16.4. The number of aryl methyl sites for hydroxylation is 1. The summed E-state index contributed by atoms with van der Waals surface area (Å²) in [6, 6.07) is 12.5. The van der Waals surface area contributed by atoms with Crippen LogP contribution in [-0.4, -0.2) is 104 Å². The van der Waals surface area contributed by atoms with E-state index in [9.17, 15) is 40.2 Å². The van der Waals surface area contributed by atoms with Crippen LogP contribution in [0.2, 0.25) is 0 Å². The van der Waals surface area contributed by atoms with Gasteiger partial charge in [0.1, 0.15) is 48.0 Å². The van der Waals surface area contributed by atoms with Crippen LogP contribution in [0.15, 0.2) is 42.5 Å². The summed E-state index contributed by atoms with van der Waals surface area (Å²) in [5.41, 5.74) is 7.96. The highest BCUT2D eigenvalue weighted by molar-refractivity contribution is 8.76. The van der Waals surface area contributed by atoms with Crippen LogP contribution in [0.3, 0.4) is 0 Å². The lowest BCUT2D eigenvalue weighted by molar-refractivity contribution is -0.293. The lowest BCUT2D eigenvalue weighted by atomic mass is 9.77. The number of phenols is 1. The third-order valence-electron chi connectivity index (χ3n) is 9.43. The Morgan fingerprint density at radius 1 is 1.08 bits per heavy atom. The fourth-order valence-corrected chi connectivity index (χ4v) is 9.86. The van der Waals surface area contributed by atoms with Gasteiger partial charge in [0.05, 0.1) is 30.8 Å². The number of hydrogen-bond acceptors (Lipinski definition) is 14. The molecule has 0 aliphatic carbocycles. The number of phenolic OH excluding ortho intramolecular Hbond substituents is 1. The summed E-state index contributed by atoms with van der Waals surface area (Å²) in [5.74, 6) is -1.67. The maximum atomic E-state index is 13.7.